The molecule has 0 aliphatic carbocycles. The minimum atomic E-state index is -0.505. The first-order valence-corrected chi connectivity index (χ1v) is 9.70. The van der Waals surface area contributed by atoms with Crippen LogP contribution in [0.3, 0.4) is 0 Å². The number of nitrogens with one attached hydrogen (secondary N) is 1. The number of benzene rings is 2. The fraction of sp³-hybridized carbons (Fsp3) is 0.381. The van der Waals surface area contributed by atoms with E-state index in [2.05, 4.69) is 5.32 Å². The van der Waals surface area contributed by atoms with E-state index < -0.39 is 4.92 Å². The standard InChI is InChI=1S/C21H24FN3O5/c1-29-13-10-23-19-7-2-15(14-20(19)25(27)28)21(26)24-11-8-18(9-12-24)30-17-5-3-16(22)4-6-17/h2-7,14,18,23H,8-13H2,1H3. The van der Waals surface area contributed by atoms with Gasteiger partial charge in [-0.2, -0.15) is 0 Å². The van der Waals surface area contributed by atoms with Gasteiger partial charge < -0.3 is 19.7 Å². The van der Waals surface area contributed by atoms with E-state index in [-0.39, 0.29) is 29.1 Å². The van der Waals surface area contributed by atoms with E-state index in [1.165, 1.54) is 18.2 Å². The quantitative estimate of drug-likeness (QED) is 0.402. The number of amides is 1. The number of nitrogens with zero attached hydrogens (tertiary/aromatic N) is 2. The zero-order chi connectivity index (χ0) is 21.5. The number of halogens is 1. The summed E-state index contributed by atoms with van der Waals surface area (Å²) in [6.45, 7) is 1.79. The van der Waals surface area contributed by atoms with Gasteiger partial charge in [-0.15, -0.1) is 0 Å². The number of carbonyl (C=O) groups excluding carboxylic acids is 1. The molecule has 0 atom stereocenters. The Balaban J connectivity index is 1.60. The van der Waals surface area contributed by atoms with Crippen LogP contribution >= 0.6 is 0 Å². The first-order chi connectivity index (χ1) is 14.5. The molecule has 0 radical (unpaired) electrons. The highest BCUT2D eigenvalue weighted by Crippen LogP contribution is 2.27. The lowest BCUT2D eigenvalue weighted by atomic mass is 10.1. The molecule has 2 aromatic rings. The van der Waals surface area contributed by atoms with Gasteiger partial charge in [0.1, 0.15) is 23.4 Å². The van der Waals surface area contributed by atoms with Crippen LogP contribution in [-0.4, -0.2) is 55.2 Å². The van der Waals surface area contributed by atoms with Crippen LogP contribution in [0.2, 0.25) is 0 Å². The molecule has 1 N–H and O–H groups in total. The zero-order valence-corrected chi connectivity index (χ0v) is 16.7. The molecule has 1 heterocycles. The third-order valence-corrected chi connectivity index (χ3v) is 4.91. The number of likely N-dealkylation sites (tertiary alicyclic amines) is 1. The van der Waals surface area contributed by atoms with Crippen molar-refractivity contribution in [1.29, 1.82) is 0 Å². The van der Waals surface area contributed by atoms with Gasteiger partial charge in [-0.1, -0.05) is 0 Å². The van der Waals surface area contributed by atoms with Crippen molar-refractivity contribution in [3.8, 4) is 5.75 Å². The van der Waals surface area contributed by atoms with Crippen molar-refractivity contribution < 1.29 is 23.6 Å². The van der Waals surface area contributed by atoms with E-state index in [9.17, 15) is 19.3 Å². The summed E-state index contributed by atoms with van der Waals surface area (Å²) >= 11 is 0. The number of anilines is 1. The van der Waals surface area contributed by atoms with E-state index in [0.717, 1.165) is 0 Å². The van der Waals surface area contributed by atoms with Crippen molar-refractivity contribution in [2.24, 2.45) is 0 Å². The van der Waals surface area contributed by atoms with Crippen LogP contribution < -0.4 is 10.1 Å². The van der Waals surface area contributed by atoms with Crippen molar-refractivity contribution in [2.45, 2.75) is 18.9 Å². The summed E-state index contributed by atoms with van der Waals surface area (Å²) in [5.41, 5.74) is 0.475. The van der Waals surface area contributed by atoms with Crippen molar-refractivity contribution in [2.75, 3.05) is 38.7 Å². The molecule has 3 rings (SSSR count). The van der Waals surface area contributed by atoms with Crippen molar-refractivity contribution in [1.82, 2.24) is 4.90 Å². The number of hydrogen-bond donors (Lipinski definition) is 1. The van der Waals surface area contributed by atoms with Crippen LogP contribution in [0.4, 0.5) is 15.8 Å². The Morgan fingerprint density at radius 1 is 1.23 bits per heavy atom. The number of rotatable bonds is 8. The molecule has 1 fully saturated rings. The highest BCUT2D eigenvalue weighted by molar-refractivity contribution is 5.95. The fourth-order valence-electron chi connectivity index (χ4n) is 3.32. The molecule has 9 heteroatoms. The van der Waals surface area contributed by atoms with Gasteiger partial charge in [-0.25, -0.2) is 4.39 Å². The summed E-state index contributed by atoms with van der Waals surface area (Å²) in [6.07, 6.45) is 1.19. The van der Waals surface area contributed by atoms with Gasteiger partial charge in [0.2, 0.25) is 0 Å². The van der Waals surface area contributed by atoms with Gasteiger partial charge >= 0.3 is 0 Å². The maximum absolute atomic E-state index is 13.0. The average Bonchev–Trinajstić information content (AvgIpc) is 2.75. The first kappa shape index (κ1) is 21.5. The Morgan fingerprint density at radius 3 is 2.57 bits per heavy atom. The predicted octanol–water partition coefficient (Wildman–Crippen LogP) is 3.48. The highest BCUT2D eigenvalue weighted by Gasteiger charge is 2.26. The highest BCUT2D eigenvalue weighted by atomic mass is 19.1. The second kappa shape index (κ2) is 10.0. The molecule has 8 nitrogen and oxygen atoms in total. The summed E-state index contributed by atoms with van der Waals surface area (Å²) in [7, 11) is 1.55. The molecular weight excluding hydrogens is 393 g/mol. The molecule has 0 aromatic heterocycles. The summed E-state index contributed by atoms with van der Waals surface area (Å²) in [6, 6.07) is 10.3. The molecule has 1 saturated heterocycles. The Kier molecular flexibility index (Phi) is 7.18. The third-order valence-electron chi connectivity index (χ3n) is 4.91. The normalized spacial score (nSPS) is 14.4. The molecule has 0 bridgehead atoms. The van der Waals surface area contributed by atoms with Crippen molar-refractivity contribution >= 4 is 17.3 Å². The van der Waals surface area contributed by atoms with E-state index in [0.29, 0.717) is 50.5 Å². The van der Waals surface area contributed by atoms with Gasteiger partial charge in [0.25, 0.3) is 11.6 Å². The summed E-state index contributed by atoms with van der Waals surface area (Å²) in [5, 5.41) is 14.4. The van der Waals surface area contributed by atoms with E-state index in [4.69, 9.17) is 9.47 Å². The average molecular weight is 417 g/mol. The molecule has 1 aliphatic heterocycles. The maximum Gasteiger partial charge on any atom is 0.293 e. The van der Waals surface area contributed by atoms with Gasteiger partial charge in [0.05, 0.1) is 11.5 Å². The Hall–Kier alpha value is -3.20. The number of nitro groups is 1. The number of piperidine rings is 1. The van der Waals surface area contributed by atoms with Crippen LogP contribution in [-0.2, 0) is 4.74 Å². The molecule has 0 saturated carbocycles. The predicted molar refractivity (Wildman–Crippen MR) is 109 cm³/mol. The number of methoxy groups -OCH3 is 1. The summed E-state index contributed by atoms with van der Waals surface area (Å²) < 4.78 is 23.8. The Bertz CT molecular complexity index is 883. The maximum atomic E-state index is 13.0. The number of nitro benzene ring substituents is 1. The monoisotopic (exact) mass is 417 g/mol. The van der Waals surface area contributed by atoms with Crippen LogP contribution in [0.15, 0.2) is 42.5 Å². The molecule has 1 aliphatic rings. The van der Waals surface area contributed by atoms with E-state index in [1.807, 2.05) is 0 Å². The largest absolute Gasteiger partial charge is 0.490 e. The van der Waals surface area contributed by atoms with Gasteiger partial charge in [0, 0.05) is 51.2 Å². The van der Waals surface area contributed by atoms with E-state index in [1.54, 1.807) is 36.3 Å². The smallest absolute Gasteiger partial charge is 0.293 e. The molecule has 0 spiro atoms. The van der Waals surface area contributed by atoms with Gasteiger partial charge in [0.15, 0.2) is 0 Å². The van der Waals surface area contributed by atoms with Gasteiger partial charge in [-0.05, 0) is 36.4 Å². The van der Waals surface area contributed by atoms with Crippen LogP contribution in [0.5, 0.6) is 5.75 Å². The molecule has 160 valence electrons. The molecule has 2 aromatic carbocycles. The topological polar surface area (TPSA) is 93.9 Å². The molecule has 30 heavy (non-hydrogen) atoms. The lowest BCUT2D eigenvalue weighted by Gasteiger charge is -2.32. The van der Waals surface area contributed by atoms with E-state index >= 15 is 0 Å². The zero-order valence-electron chi connectivity index (χ0n) is 16.7. The van der Waals surface area contributed by atoms with Crippen molar-refractivity contribution in [3.05, 3.63) is 64.0 Å². The van der Waals surface area contributed by atoms with Crippen LogP contribution in [0, 0.1) is 15.9 Å². The molecule has 0 unspecified atom stereocenters. The minimum absolute atomic E-state index is 0.0683. The number of ether oxygens (including phenoxy) is 2. The third kappa shape index (κ3) is 5.44. The van der Waals surface area contributed by atoms with Gasteiger partial charge in [-0.3, -0.25) is 14.9 Å². The molecule has 1 amide bonds. The molecular formula is C21H24FN3O5. The second-order valence-corrected chi connectivity index (χ2v) is 6.97. The minimum Gasteiger partial charge on any atom is -0.490 e. The Labute approximate surface area is 173 Å². The number of carbonyl (C=O) groups is 1. The fourth-order valence-corrected chi connectivity index (χ4v) is 3.32. The van der Waals surface area contributed by atoms with Crippen LogP contribution in [0.1, 0.15) is 23.2 Å². The lowest BCUT2D eigenvalue weighted by Crippen LogP contribution is -2.41. The number of hydrogen-bond acceptors (Lipinski definition) is 6. The first-order valence-electron chi connectivity index (χ1n) is 9.70. The second-order valence-electron chi connectivity index (χ2n) is 6.97. The van der Waals surface area contributed by atoms with Crippen molar-refractivity contribution in [3.63, 3.8) is 0 Å². The summed E-state index contributed by atoms with van der Waals surface area (Å²) in [4.78, 5) is 25.4. The SMILES string of the molecule is COCCNc1ccc(C(=O)N2CCC(Oc3ccc(F)cc3)CC2)cc1[N+](=O)[O-]. The lowest BCUT2D eigenvalue weighted by molar-refractivity contribution is -0.384. The Morgan fingerprint density at radius 2 is 1.93 bits per heavy atom. The summed E-state index contributed by atoms with van der Waals surface area (Å²) in [5.74, 6) is 0.0203. The van der Waals surface area contributed by atoms with Crippen LogP contribution in [0.25, 0.3) is 0 Å².